The lowest BCUT2D eigenvalue weighted by Gasteiger charge is -2.09. The first-order valence-electron chi connectivity index (χ1n) is 6.93. The number of benzene rings is 2. The number of methoxy groups -OCH3 is 1. The zero-order valence-corrected chi connectivity index (χ0v) is 13.5. The summed E-state index contributed by atoms with van der Waals surface area (Å²) >= 11 is 1.40. The van der Waals surface area contributed by atoms with Gasteiger partial charge in [-0.3, -0.25) is 0 Å². The molecule has 0 saturated carbocycles. The minimum Gasteiger partial charge on any atom is -0.465 e. The number of aryl methyl sites for hydroxylation is 1. The largest absolute Gasteiger partial charge is 0.465 e. The number of rotatable bonds is 3. The van der Waals surface area contributed by atoms with Crippen molar-refractivity contribution in [3.05, 3.63) is 53.3 Å². The number of nitrogens with two attached hydrogens (primary N) is 1. The minimum absolute atomic E-state index is 0.399. The van der Waals surface area contributed by atoms with Gasteiger partial charge in [0.2, 0.25) is 0 Å². The smallest absolute Gasteiger partial charge is 0.341 e. The molecule has 0 amide bonds. The summed E-state index contributed by atoms with van der Waals surface area (Å²) in [4.78, 5) is 12.2. The number of esters is 1. The van der Waals surface area contributed by atoms with Gasteiger partial charge in [0.25, 0.3) is 0 Å². The maximum absolute atomic E-state index is 13.4. The molecule has 0 saturated heterocycles. The lowest BCUT2D eigenvalue weighted by Crippen LogP contribution is -2.04. The molecule has 118 valence electrons. The van der Waals surface area contributed by atoms with Crippen LogP contribution in [0, 0.1) is 12.7 Å². The van der Waals surface area contributed by atoms with E-state index in [2.05, 4.69) is 5.32 Å². The third-order valence-electron chi connectivity index (χ3n) is 3.50. The Hall–Kier alpha value is -2.60. The average molecular weight is 330 g/mol. The molecule has 0 aliphatic heterocycles. The summed E-state index contributed by atoms with van der Waals surface area (Å²) in [6, 6.07) is 9.91. The van der Waals surface area contributed by atoms with E-state index in [9.17, 15) is 9.18 Å². The van der Waals surface area contributed by atoms with Gasteiger partial charge in [-0.25, -0.2) is 9.18 Å². The summed E-state index contributed by atoms with van der Waals surface area (Å²) < 4.78 is 19.3. The number of carbonyl (C=O) groups excluding carboxylic acids is 1. The van der Waals surface area contributed by atoms with E-state index in [1.54, 1.807) is 0 Å². The molecule has 4 nitrogen and oxygen atoms in total. The maximum atomic E-state index is 13.4. The Bertz CT molecular complexity index is 905. The molecule has 6 heteroatoms. The number of hydrogen-bond acceptors (Lipinski definition) is 5. The Morgan fingerprint density at radius 2 is 2.04 bits per heavy atom. The number of carbonyl (C=O) groups is 1. The molecule has 0 bridgehead atoms. The third kappa shape index (κ3) is 2.85. The highest BCUT2D eigenvalue weighted by Gasteiger charge is 2.20. The van der Waals surface area contributed by atoms with Gasteiger partial charge >= 0.3 is 5.97 Å². The molecule has 0 radical (unpaired) electrons. The van der Waals surface area contributed by atoms with Crippen molar-refractivity contribution >= 4 is 43.8 Å². The van der Waals surface area contributed by atoms with Gasteiger partial charge in [-0.2, -0.15) is 0 Å². The SMILES string of the molecule is COC(=O)c1c(Nc2cc(F)ccc2N)sc2ccc(C)cc12. The van der Waals surface area contributed by atoms with Crippen LogP contribution in [0.3, 0.4) is 0 Å². The van der Waals surface area contributed by atoms with Gasteiger partial charge in [-0.1, -0.05) is 11.6 Å². The second-order valence-corrected chi connectivity index (χ2v) is 6.21. The van der Waals surface area contributed by atoms with Crippen LogP contribution in [0.5, 0.6) is 0 Å². The molecule has 3 N–H and O–H groups in total. The van der Waals surface area contributed by atoms with E-state index in [1.165, 1.54) is 36.6 Å². The van der Waals surface area contributed by atoms with Crippen LogP contribution in [0.4, 0.5) is 20.8 Å². The molecule has 1 heterocycles. The van der Waals surface area contributed by atoms with Crippen LogP contribution in [-0.2, 0) is 4.74 Å². The molecule has 23 heavy (non-hydrogen) atoms. The summed E-state index contributed by atoms with van der Waals surface area (Å²) in [5.41, 5.74) is 8.16. The zero-order valence-electron chi connectivity index (χ0n) is 12.6. The first kappa shape index (κ1) is 15.3. The first-order chi connectivity index (χ1) is 11.0. The molecule has 2 aromatic carbocycles. The van der Waals surface area contributed by atoms with E-state index in [4.69, 9.17) is 10.5 Å². The number of ether oxygens (including phenoxy) is 1. The van der Waals surface area contributed by atoms with Gasteiger partial charge in [0.1, 0.15) is 16.4 Å². The number of hydrogen-bond donors (Lipinski definition) is 2. The van der Waals surface area contributed by atoms with Crippen molar-refractivity contribution in [2.45, 2.75) is 6.92 Å². The molecule has 0 atom stereocenters. The van der Waals surface area contributed by atoms with Crippen LogP contribution in [-0.4, -0.2) is 13.1 Å². The zero-order chi connectivity index (χ0) is 16.6. The number of fused-ring (bicyclic) bond motifs is 1. The van der Waals surface area contributed by atoms with Gasteiger partial charge in [0.05, 0.1) is 18.5 Å². The number of nitrogen functional groups attached to an aromatic ring is 1. The van der Waals surface area contributed by atoms with Gasteiger partial charge < -0.3 is 15.8 Å². The Kier molecular flexibility index (Phi) is 3.92. The fourth-order valence-electron chi connectivity index (χ4n) is 2.36. The van der Waals surface area contributed by atoms with Crippen molar-refractivity contribution in [2.75, 3.05) is 18.2 Å². The lowest BCUT2D eigenvalue weighted by atomic mass is 10.1. The van der Waals surface area contributed by atoms with Crippen molar-refractivity contribution in [1.82, 2.24) is 0 Å². The van der Waals surface area contributed by atoms with E-state index >= 15 is 0 Å². The van der Waals surface area contributed by atoms with Crippen LogP contribution in [0.15, 0.2) is 36.4 Å². The summed E-state index contributed by atoms with van der Waals surface area (Å²) in [6.07, 6.45) is 0. The van der Waals surface area contributed by atoms with Gasteiger partial charge in [-0.05, 0) is 37.3 Å². The molecule has 0 aliphatic carbocycles. The normalized spacial score (nSPS) is 10.7. The van der Waals surface area contributed by atoms with E-state index in [-0.39, 0.29) is 0 Å². The van der Waals surface area contributed by atoms with Gasteiger partial charge in [-0.15, -0.1) is 11.3 Å². The Balaban J connectivity index is 2.16. The number of thiophene rings is 1. The third-order valence-corrected chi connectivity index (χ3v) is 4.58. The molecular weight excluding hydrogens is 315 g/mol. The van der Waals surface area contributed by atoms with Crippen molar-refractivity contribution in [1.29, 1.82) is 0 Å². The molecule has 0 aliphatic rings. The van der Waals surface area contributed by atoms with Crippen LogP contribution >= 0.6 is 11.3 Å². The molecule has 3 rings (SSSR count). The quantitative estimate of drug-likeness (QED) is 0.550. The van der Waals surface area contributed by atoms with E-state index in [0.29, 0.717) is 21.9 Å². The molecule has 0 unspecified atom stereocenters. The van der Waals surface area contributed by atoms with Crippen LogP contribution in [0.1, 0.15) is 15.9 Å². The van der Waals surface area contributed by atoms with E-state index in [0.717, 1.165) is 15.6 Å². The summed E-state index contributed by atoms with van der Waals surface area (Å²) in [5, 5.41) is 4.44. The van der Waals surface area contributed by atoms with Gasteiger partial charge in [0, 0.05) is 10.1 Å². The highest BCUT2D eigenvalue weighted by Crippen LogP contribution is 2.39. The highest BCUT2D eigenvalue weighted by molar-refractivity contribution is 7.23. The second kappa shape index (κ2) is 5.89. The molecular formula is C17H15FN2O2S. The fourth-order valence-corrected chi connectivity index (χ4v) is 3.45. The Labute approximate surface area is 136 Å². The summed E-state index contributed by atoms with van der Waals surface area (Å²) in [6.45, 7) is 1.95. The van der Waals surface area contributed by atoms with E-state index in [1.807, 2.05) is 25.1 Å². The molecule has 1 aromatic heterocycles. The van der Waals surface area contributed by atoms with Crippen molar-refractivity contribution in [3.63, 3.8) is 0 Å². The standard InChI is InChI=1S/C17H15FN2O2S/c1-9-3-6-14-11(7-9)15(17(21)22-2)16(23-14)20-13-8-10(18)4-5-12(13)19/h3-8,20H,19H2,1-2H3. The van der Waals surface area contributed by atoms with Crippen molar-refractivity contribution in [3.8, 4) is 0 Å². The topological polar surface area (TPSA) is 64.3 Å². The monoisotopic (exact) mass is 330 g/mol. The second-order valence-electron chi connectivity index (χ2n) is 5.15. The predicted molar refractivity (Wildman–Crippen MR) is 92.0 cm³/mol. The first-order valence-corrected chi connectivity index (χ1v) is 7.74. The maximum Gasteiger partial charge on any atom is 0.341 e. The average Bonchev–Trinajstić information content (AvgIpc) is 2.87. The molecule has 0 spiro atoms. The number of nitrogens with one attached hydrogen (secondary N) is 1. The number of anilines is 3. The lowest BCUT2D eigenvalue weighted by molar-refractivity contribution is 0.0604. The van der Waals surface area contributed by atoms with Crippen molar-refractivity contribution < 1.29 is 13.9 Å². The summed E-state index contributed by atoms with van der Waals surface area (Å²) in [7, 11) is 1.34. The summed E-state index contributed by atoms with van der Waals surface area (Å²) in [5.74, 6) is -0.849. The Morgan fingerprint density at radius 1 is 1.26 bits per heavy atom. The minimum atomic E-state index is -0.445. The fraction of sp³-hybridized carbons (Fsp3) is 0.118. The van der Waals surface area contributed by atoms with E-state index < -0.39 is 11.8 Å². The van der Waals surface area contributed by atoms with Crippen LogP contribution in [0.25, 0.3) is 10.1 Å². The molecule has 3 aromatic rings. The predicted octanol–water partition coefficient (Wildman–Crippen LogP) is 4.46. The van der Waals surface area contributed by atoms with Gasteiger partial charge in [0.15, 0.2) is 0 Å². The van der Waals surface area contributed by atoms with Crippen LogP contribution in [0.2, 0.25) is 0 Å². The molecule has 0 fully saturated rings. The Morgan fingerprint density at radius 3 is 2.78 bits per heavy atom. The van der Waals surface area contributed by atoms with Crippen molar-refractivity contribution in [2.24, 2.45) is 0 Å². The number of halogens is 1. The van der Waals surface area contributed by atoms with Crippen LogP contribution < -0.4 is 11.1 Å². The highest BCUT2D eigenvalue weighted by atomic mass is 32.1.